The standard InChI is InChI=1S/C19H24BrN3O3/c1-12-6-4-7-13(2)23(12)16(24)11-22-17(25)19(3,21-18(22)26)14-8-5-9-15(20)10-14/h5,8-10,12-13H,4,6-7,11H2,1-3H3,(H,21,26)/t12-,13-,19+/m1/s1. The quantitative estimate of drug-likeness (QED) is 0.762. The number of piperidine rings is 1. The van der Waals surface area contributed by atoms with Crippen molar-refractivity contribution >= 4 is 33.8 Å². The number of benzene rings is 1. The van der Waals surface area contributed by atoms with Crippen molar-refractivity contribution in [2.24, 2.45) is 0 Å². The Hall–Kier alpha value is -1.89. The Morgan fingerprint density at radius 1 is 1.27 bits per heavy atom. The van der Waals surface area contributed by atoms with Gasteiger partial charge in [-0.3, -0.25) is 14.5 Å². The van der Waals surface area contributed by atoms with Crippen LogP contribution in [0.2, 0.25) is 0 Å². The second-order valence-electron chi connectivity index (χ2n) is 7.39. The molecule has 140 valence electrons. The van der Waals surface area contributed by atoms with Crippen LogP contribution in [0.4, 0.5) is 4.79 Å². The fourth-order valence-electron chi connectivity index (χ4n) is 3.97. The maximum Gasteiger partial charge on any atom is 0.325 e. The highest BCUT2D eigenvalue weighted by Crippen LogP contribution is 2.31. The molecule has 2 fully saturated rings. The molecule has 3 rings (SSSR count). The first-order valence-electron chi connectivity index (χ1n) is 8.95. The fourth-order valence-corrected chi connectivity index (χ4v) is 4.36. The van der Waals surface area contributed by atoms with Crippen LogP contribution in [0.1, 0.15) is 45.6 Å². The highest BCUT2D eigenvalue weighted by Gasteiger charge is 2.50. The summed E-state index contributed by atoms with van der Waals surface area (Å²) in [6, 6.07) is 7.00. The van der Waals surface area contributed by atoms with Gasteiger partial charge in [-0.2, -0.15) is 0 Å². The molecule has 2 heterocycles. The molecule has 6 nitrogen and oxygen atoms in total. The summed E-state index contributed by atoms with van der Waals surface area (Å²) in [6.45, 7) is 5.49. The van der Waals surface area contributed by atoms with Crippen molar-refractivity contribution in [3.8, 4) is 0 Å². The second-order valence-corrected chi connectivity index (χ2v) is 8.30. The molecular formula is C19H24BrN3O3. The SMILES string of the molecule is C[C@@H]1CCC[C@@H](C)N1C(=O)CN1C(=O)N[C@@](C)(c2cccc(Br)c2)C1=O. The zero-order chi connectivity index (χ0) is 19.1. The van der Waals surface area contributed by atoms with E-state index >= 15 is 0 Å². The van der Waals surface area contributed by atoms with E-state index in [9.17, 15) is 14.4 Å². The van der Waals surface area contributed by atoms with E-state index in [0.29, 0.717) is 5.56 Å². The lowest BCUT2D eigenvalue weighted by molar-refractivity contribution is -0.142. The molecular weight excluding hydrogens is 398 g/mol. The molecule has 26 heavy (non-hydrogen) atoms. The average Bonchev–Trinajstić information content (AvgIpc) is 2.79. The highest BCUT2D eigenvalue weighted by molar-refractivity contribution is 9.10. The summed E-state index contributed by atoms with van der Waals surface area (Å²) in [4.78, 5) is 41.1. The Kier molecular flexibility index (Phi) is 5.10. The minimum Gasteiger partial charge on any atom is -0.336 e. The number of amides is 4. The van der Waals surface area contributed by atoms with Crippen LogP contribution in [-0.2, 0) is 15.1 Å². The smallest absolute Gasteiger partial charge is 0.325 e. The maximum absolute atomic E-state index is 13.0. The van der Waals surface area contributed by atoms with E-state index in [1.54, 1.807) is 19.1 Å². The van der Waals surface area contributed by atoms with Crippen LogP contribution in [0, 0.1) is 0 Å². The van der Waals surface area contributed by atoms with Gasteiger partial charge >= 0.3 is 6.03 Å². The molecule has 3 atom stereocenters. The molecule has 0 aliphatic carbocycles. The summed E-state index contributed by atoms with van der Waals surface area (Å²) < 4.78 is 0.823. The summed E-state index contributed by atoms with van der Waals surface area (Å²) in [7, 11) is 0. The third kappa shape index (κ3) is 3.24. The summed E-state index contributed by atoms with van der Waals surface area (Å²) >= 11 is 3.39. The third-order valence-corrected chi connectivity index (χ3v) is 5.95. The number of carbonyl (C=O) groups excluding carboxylic acids is 3. The van der Waals surface area contributed by atoms with Crippen LogP contribution >= 0.6 is 15.9 Å². The lowest BCUT2D eigenvalue weighted by Crippen LogP contribution is -2.52. The number of hydrogen-bond acceptors (Lipinski definition) is 3. The van der Waals surface area contributed by atoms with Gasteiger partial charge in [-0.1, -0.05) is 28.1 Å². The first kappa shape index (κ1) is 18.9. The molecule has 1 aromatic rings. The fraction of sp³-hybridized carbons (Fsp3) is 0.526. The van der Waals surface area contributed by atoms with Gasteiger partial charge in [-0.05, 0) is 57.7 Å². The Labute approximate surface area is 162 Å². The van der Waals surface area contributed by atoms with Crippen molar-refractivity contribution in [2.45, 2.75) is 57.7 Å². The molecule has 1 N–H and O–H groups in total. The number of imide groups is 1. The molecule has 0 spiro atoms. The average molecular weight is 422 g/mol. The van der Waals surface area contributed by atoms with Gasteiger partial charge in [0.1, 0.15) is 12.1 Å². The van der Waals surface area contributed by atoms with Crippen molar-refractivity contribution in [2.75, 3.05) is 6.54 Å². The lowest BCUT2D eigenvalue weighted by atomic mass is 9.92. The van der Waals surface area contributed by atoms with Crippen LogP contribution in [0.25, 0.3) is 0 Å². The van der Waals surface area contributed by atoms with Crippen LogP contribution in [0.5, 0.6) is 0 Å². The predicted octanol–water partition coefficient (Wildman–Crippen LogP) is 3.01. The Morgan fingerprint density at radius 2 is 1.92 bits per heavy atom. The number of nitrogens with zero attached hydrogens (tertiary/aromatic N) is 2. The van der Waals surface area contributed by atoms with E-state index in [4.69, 9.17) is 0 Å². The van der Waals surface area contributed by atoms with E-state index in [1.807, 2.05) is 30.9 Å². The van der Waals surface area contributed by atoms with Gasteiger partial charge in [0.15, 0.2) is 0 Å². The molecule has 2 aliphatic rings. The summed E-state index contributed by atoms with van der Waals surface area (Å²) in [5, 5.41) is 2.75. The Bertz CT molecular complexity index is 743. The van der Waals surface area contributed by atoms with Gasteiger partial charge in [-0.15, -0.1) is 0 Å². The van der Waals surface area contributed by atoms with Crippen molar-refractivity contribution in [1.82, 2.24) is 15.1 Å². The van der Waals surface area contributed by atoms with Crippen molar-refractivity contribution in [3.05, 3.63) is 34.3 Å². The molecule has 2 aliphatic heterocycles. The molecule has 0 unspecified atom stereocenters. The number of urea groups is 1. The number of hydrogen-bond donors (Lipinski definition) is 1. The molecule has 0 aromatic heterocycles. The topological polar surface area (TPSA) is 69.7 Å². The van der Waals surface area contributed by atoms with Crippen LogP contribution in [0.3, 0.4) is 0 Å². The van der Waals surface area contributed by atoms with Crippen LogP contribution in [0.15, 0.2) is 28.7 Å². The largest absolute Gasteiger partial charge is 0.336 e. The monoisotopic (exact) mass is 421 g/mol. The van der Waals surface area contributed by atoms with Gasteiger partial charge in [-0.25, -0.2) is 4.79 Å². The normalized spacial score (nSPS) is 29.1. The summed E-state index contributed by atoms with van der Waals surface area (Å²) in [5.74, 6) is -0.571. The first-order chi connectivity index (χ1) is 12.2. The molecule has 4 amide bonds. The van der Waals surface area contributed by atoms with Gasteiger partial charge in [0.2, 0.25) is 5.91 Å². The van der Waals surface area contributed by atoms with Crippen LogP contribution in [-0.4, -0.2) is 46.3 Å². The minimum absolute atomic E-state index is 0.128. The molecule has 0 bridgehead atoms. The number of nitrogens with one attached hydrogen (secondary N) is 1. The lowest BCUT2D eigenvalue weighted by Gasteiger charge is -2.39. The number of rotatable bonds is 3. The second kappa shape index (κ2) is 7.02. The predicted molar refractivity (Wildman–Crippen MR) is 101 cm³/mol. The zero-order valence-electron chi connectivity index (χ0n) is 15.3. The molecule has 0 saturated carbocycles. The van der Waals surface area contributed by atoms with Crippen molar-refractivity contribution in [1.29, 1.82) is 0 Å². The van der Waals surface area contributed by atoms with Gasteiger partial charge < -0.3 is 10.2 Å². The van der Waals surface area contributed by atoms with Crippen molar-refractivity contribution in [3.63, 3.8) is 0 Å². The number of carbonyl (C=O) groups is 3. The van der Waals surface area contributed by atoms with E-state index in [-0.39, 0.29) is 24.5 Å². The summed E-state index contributed by atoms with van der Waals surface area (Å²) in [6.07, 6.45) is 2.99. The number of halogens is 1. The minimum atomic E-state index is -1.17. The molecule has 7 heteroatoms. The van der Waals surface area contributed by atoms with Gasteiger partial charge in [0.25, 0.3) is 5.91 Å². The molecule has 2 saturated heterocycles. The third-order valence-electron chi connectivity index (χ3n) is 5.45. The van der Waals surface area contributed by atoms with E-state index in [2.05, 4.69) is 21.2 Å². The van der Waals surface area contributed by atoms with Crippen molar-refractivity contribution < 1.29 is 14.4 Å². The number of likely N-dealkylation sites (tertiary alicyclic amines) is 1. The summed E-state index contributed by atoms with van der Waals surface area (Å²) in [5.41, 5.74) is -0.486. The molecule has 1 aromatic carbocycles. The maximum atomic E-state index is 13.0. The Balaban J connectivity index is 1.80. The van der Waals surface area contributed by atoms with Gasteiger partial charge in [0.05, 0.1) is 0 Å². The van der Waals surface area contributed by atoms with Crippen LogP contribution < -0.4 is 5.32 Å². The van der Waals surface area contributed by atoms with E-state index < -0.39 is 17.5 Å². The first-order valence-corrected chi connectivity index (χ1v) is 9.74. The Morgan fingerprint density at radius 3 is 2.54 bits per heavy atom. The van der Waals surface area contributed by atoms with E-state index in [0.717, 1.165) is 28.6 Å². The molecule has 0 radical (unpaired) electrons. The van der Waals surface area contributed by atoms with Gasteiger partial charge in [0, 0.05) is 16.6 Å². The van der Waals surface area contributed by atoms with E-state index in [1.165, 1.54) is 0 Å². The zero-order valence-corrected chi connectivity index (χ0v) is 16.9. The highest BCUT2D eigenvalue weighted by atomic mass is 79.9.